The zero-order chi connectivity index (χ0) is 32.3. The second-order valence-corrected chi connectivity index (χ2v) is 9.58. The highest BCUT2D eigenvalue weighted by Gasteiger charge is 2.55. The molecule has 2 fully saturated rings. The summed E-state index contributed by atoms with van der Waals surface area (Å²) >= 11 is 0. The Morgan fingerprint density at radius 3 is 1.67 bits per heavy atom. The molecule has 0 spiro atoms. The monoisotopic (exact) mass is 618 g/mol. The third kappa shape index (κ3) is 11.2. The largest absolute Gasteiger partial charge is 0.463 e. The molecular formula is C27H38O16. The second-order valence-electron chi connectivity index (χ2n) is 9.58. The van der Waals surface area contributed by atoms with Gasteiger partial charge in [0.15, 0.2) is 30.7 Å². The van der Waals surface area contributed by atoms with Crippen molar-refractivity contribution < 1.29 is 76.1 Å². The fourth-order valence-electron chi connectivity index (χ4n) is 4.48. The first-order valence-corrected chi connectivity index (χ1v) is 13.3. The van der Waals surface area contributed by atoms with Gasteiger partial charge in [-0.25, -0.2) is 0 Å². The van der Waals surface area contributed by atoms with Crippen LogP contribution in [0.15, 0.2) is 12.7 Å². The molecule has 0 aromatic carbocycles. The minimum absolute atomic E-state index is 0.117. The molecule has 0 aromatic rings. The van der Waals surface area contributed by atoms with E-state index in [9.17, 15) is 28.8 Å². The highest BCUT2D eigenvalue weighted by molar-refractivity contribution is 5.68. The highest BCUT2D eigenvalue weighted by atomic mass is 16.7. The van der Waals surface area contributed by atoms with Crippen molar-refractivity contribution in [2.75, 3.05) is 26.4 Å². The van der Waals surface area contributed by atoms with Crippen LogP contribution < -0.4 is 0 Å². The van der Waals surface area contributed by atoms with E-state index in [4.69, 9.17) is 47.4 Å². The van der Waals surface area contributed by atoms with E-state index in [1.807, 2.05) is 0 Å². The van der Waals surface area contributed by atoms with Gasteiger partial charge in [-0.15, -0.1) is 6.58 Å². The molecule has 0 unspecified atom stereocenters. The highest BCUT2D eigenvalue weighted by Crippen LogP contribution is 2.33. The maximum atomic E-state index is 12.2. The zero-order valence-corrected chi connectivity index (χ0v) is 24.8. The smallest absolute Gasteiger partial charge is 0.303 e. The lowest BCUT2D eigenvalue weighted by Crippen LogP contribution is -2.65. The van der Waals surface area contributed by atoms with Crippen molar-refractivity contribution in [1.82, 2.24) is 0 Å². The van der Waals surface area contributed by atoms with E-state index in [1.54, 1.807) is 0 Å². The first kappa shape index (κ1) is 35.6. The standard InChI is InChI=1S/C27H38O16/c1-8-9-34-26-25(41-18(7)33)24(40-17(6)32)21(11-36-14(3)29)42-27(26)43-22-19(10-35-13(2)28)37-12-20(38-15(4)30)23(22)39-16(5)31/h8,19-27H,1,9-12H2,2-7H3/t19-,20+,21-,22-,23-,24+,25+,26-,27+/m1/s1. The summed E-state index contributed by atoms with van der Waals surface area (Å²) in [5.41, 5.74) is 0. The molecule has 2 saturated heterocycles. The van der Waals surface area contributed by atoms with E-state index < -0.39 is 97.5 Å². The summed E-state index contributed by atoms with van der Waals surface area (Å²) < 4.78 is 56.0. The molecule has 242 valence electrons. The van der Waals surface area contributed by atoms with Crippen LogP contribution in [0.1, 0.15) is 41.5 Å². The fourth-order valence-corrected chi connectivity index (χ4v) is 4.48. The van der Waals surface area contributed by atoms with Gasteiger partial charge in [0.2, 0.25) is 0 Å². The van der Waals surface area contributed by atoms with Crippen molar-refractivity contribution in [3.8, 4) is 0 Å². The Labute approximate surface area is 248 Å². The number of carbonyl (C=O) groups is 6. The van der Waals surface area contributed by atoms with Gasteiger partial charge in [-0.2, -0.15) is 0 Å². The minimum atomic E-state index is -1.51. The SMILES string of the molecule is C=CCO[C@H]1[C@H](O[C@H]2[C@H](OC(C)=O)[C@@H](OC(C)=O)CO[C@@H]2COC(C)=O)O[C@H](COC(C)=O)[C@H](OC(C)=O)[C@@H]1OC(C)=O. The van der Waals surface area contributed by atoms with Gasteiger partial charge >= 0.3 is 35.8 Å². The summed E-state index contributed by atoms with van der Waals surface area (Å²) in [6.45, 7) is 9.25. The molecular weight excluding hydrogens is 580 g/mol. The third-order valence-corrected chi connectivity index (χ3v) is 5.95. The molecule has 16 nitrogen and oxygen atoms in total. The normalized spacial score (nSPS) is 30.2. The van der Waals surface area contributed by atoms with E-state index in [0.717, 1.165) is 34.6 Å². The van der Waals surface area contributed by atoms with Crippen LogP contribution in [0.4, 0.5) is 0 Å². The Kier molecular flexibility index (Phi) is 14.0. The summed E-state index contributed by atoms with van der Waals surface area (Å²) in [7, 11) is 0. The molecule has 0 radical (unpaired) electrons. The van der Waals surface area contributed by atoms with Gasteiger partial charge in [0.1, 0.15) is 37.6 Å². The first-order valence-electron chi connectivity index (χ1n) is 13.3. The molecule has 16 heteroatoms. The van der Waals surface area contributed by atoms with E-state index in [2.05, 4.69) is 6.58 Å². The maximum absolute atomic E-state index is 12.2. The molecule has 2 heterocycles. The average molecular weight is 619 g/mol. The topological polar surface area (TPSA) is 195 Å². The van der Waals surface area contributed by atoms with Crippen LogP contribution in [0.3, 0.4) is 0 Å². The van der Waals surface area contributed by atoms with E-state index in [-0.39, 0.29) is 19.8 Å². The van der Waals surface area contributed by atoms with Crippen LogP contribution in [0, 0.1) is 0 Å². The molecule has 2 aliphatic rings. The maximum Gasteiger partial charge on any atom is 0.303 e. The van der Waals surface area contributed by atoms with Crippen LogP contribution in [-0.4, -0.2) is 117 Å². The van der Waals surface area contributed by atoms with Gasteiger partial charge < -0.3 is 47.4 Å². The Morgan fingerprint density at radius 1 is 0.651 bits per heavy atom. The van der Waals surface area contributed by atoms with Crippen molar-refractivity contribution in [3.05, 3.63) is 12.7 Å². The van der Waals surface area contributed by atoms with Gasteiger partial charge in [-0.1, -0.05) is 6.08 Å². The molecule has 0 aliphatic carbocycles. The Balaban J connectivity index is 2.60. The van der Waals surface area contributed by atoms with Crippen LogP contribution in [-0.2, 0) is 76.1 Å². The van der Waals surface area contributed by atoms with Gasteiger partial charge in [-0.3, -0.25) is 28.8 Å². The first-order chi connectivity index (χ1) is 20.2. The molecule has 0 N–H and O–H groups in total. The van der Waals surface area contributed by atoms with Gasteiger partial charge in [0.05, 0.1) is 13.2 Å². The Bertz CT molecular complexity index is 1030. The lowest BCUT2D eigenvalue weighted by atomic mass is 9.96. The summed E-state index contributed by atoms with van der Waals surface area (Å²) in [5, 5.41) is 0. The summed E-state index contributed by atoms with van der Waals surface area (Å²) in [6.07, 6.45) is -10.3. The molecule has 0 aromatic heterocycles. The van der Waals surface area contributed by atoms with Crippen molar-refractivity contribution >= 4 is 35.8 Å². The van der Waals surface area contributed by atoms with Crippen molar-refractivity contribution in [2.45, 2.75) is 96.7 Å². The molecule has 0 bridgehead atoms. The Morgan fingerprint density at radius 2 is 1.16 bits per heavy atom. The summed E-state index contributed by atoms with van der Waals surface area (Å²) in [5.74, 6) is -4.32. The zero-order valence-electron chi connectivity index (χ0n) is 24.8. The van der Waals surface area contributed by atoms with E-state index in [0.29, 0.717) is 0 Å². The van der Waals surface area contributed by atoms with Crippen molar-refractivity contribution in [2.24, 2.45) is 0 Å². The van der Waals surface area contributed by atoms with E-state index >= 15 is 0 Å². The molecule has 2 rings (SSSR count). The lowest BCUT2D eigenvalue weighted by molar-refractivity contribution is -0.343. The van der Waals surface area contributed by atoms with E-state index in [1.165, 1.54) is 13.0 Å². The molecule has 43 heavy (non-hydrogen) atoms. The van der Waals surface area contributed by atoms with Gasteiger partial charge in [0, 0.05) is 41.5 Å². The van der Waals surface area contributed by atoms with Gasteiger partial charge in [-0.05, 0) is 0 Å². The van der Waals surface area contributed by atoms with Crippen molar-refractivity contribution in [1.29, 1.82) is 0 Å². The number of esters is 6. The second kappa shape index (κ2) is 16.9. The Hall–Kier alpha value is -3.60. The van der Waals surface area contributed by atoms with Crippen LogP contribution in [0.5, 0.6) is 0 Å². The summed E-state index contributed by atoms with van der Waals surface area (Å²) in [4.78, 5) is 71.4. The average Bonchev–Trinajstić information content (AvgIpc) is 2.88. The molecule has 0 saturated carbocycles. The molecule has 9 atom stereocenters. The van der Waals surface area contributed by atoms with Crippen LogP contribution >= 0.6 is 0 Å². The number of rotatable bonds is 13. The summed E-state index contributed by atoms with van der Waals surface area (Å²) in [6, 6.07) is 0. The molecule has 0 amide bonds. The number of ether oxygens (including phenoxy) is 10. The third-order valence-electron chi connectivity index (χ3n) is 5.95. The van der Waals surface area contributed by atoms with Crippen molar-refractivity contribution in [3.63, 3.8) is 0 Å². The predicted octanol–water partition coefficient (Wildman–Crippen LogP) is -0.0805. The minimum Gasteiger partial charge on any atom is -0.463 e. The lowest BCUT2D eigenvalue weighted by Gasteiger charge is -2.47. The van der Waals surface area contributed by atoms with Gasteiger partial charge in [0.25, 0.3) is 0 Å². The number of carbonyl (C=O) groups excluding carboxylic acids is 6. The predicted molar refractivity (Wildman–Crippen MR) is 139 cm³/mol. The fraction of sp³-hybridized carbons (Fsp3) is 0.704. The molecule has 2 aliphatic heterocycles. The number of hydrogen-bond acceptors (Lipinski definition) is 16. The number of hydrogen-bond donors (Lipinski definition) is 0. The van der Waals surface area contributed by atoms with Crippen LogP contribution in [0.2, 0.25) is 0 Å². The van der Waals surface area contributed by atoms with Crippen LogP contribution in [0.25, 0.3) is 0 Å². The quantitative estimate of drug-likeness (QED) is 0.151.